The van der Waals surface area contributed by atoms with Crippen LogP contribution in [0.5, 0.6) is 5.75 Å². The van der Waals surface area contributed by atoms with Gasteiger partial charge in [0.2, 0.25) is 0 Å². The maximum atomic E-state index is 5.95. The van der Waals surface area contributed by atoms with Crippen molar-refractivity contribution in [3.63, 3.8) is 0 Å². The minimum absolute atomic E-state index is 0.0539. The molecule has 0 spiro atoms. The Balaban J connectivity index is 1.86. The van der Waals surface area contributed by atoms with Crippen molar-refractivity contribution in [2.45, 2.75) is 46.3 Å². The predicted molar refractivity (Wildman–Crippen MR) is 88.0 cm³/mol. The molecule has 1 aliphatic rings. The van der Waals surface area contributed by atoms with E-state index in [1.165, 1.54) is 6.42 Å². The van der Waals surface area contributed by atoms with Gasteiger partial charge in [0.1, 0.15) is 11.9 Å². The summed E-state index contributed by atoms with van der Waals surface area (Å²) in [7, 11) is 0. The van der Waals surface area contributed by atoms with E-state index in [0.717, 1.165) is 29.7 Å². The number of nitrogens with one attached hydrogen (secondary N) is 2. The Morgan fingerprint density at radius 3 is 2.76 bits per heavy atom. The quantitative estimate of drug-likeness (QED) is 0.625. The van der Waals surface area contributed by atoms with Crippen LogP contribution in [0.2, 0.25) is 0 Å². The van der Waals surface area contributed by atoms with Crippen LogP contribution in [0.3, 0.4) is 0 Å². The Morgan fingerprint density at radius 1 is 1.43 bits per heavy atom. The van der Waals surface area contributed by atoms with Gasteiger partial charge in [-0.3, -0.25) is 0 Å². The number of hydrogen-bond acceptors (Lipinski definition) is 2. The predicted octanol–water partition coefficient (Wildman–Crippen LogP) is 2.73. The van der Waals surface area contributed by atoms with Gasteiger partial charge < -0.3 is 15.4 Å². The van der Waals surface area contributed by atoms with Crippen molar-refractivity contribution in [2.24, 2.45) is 10.9 Å². The SMILES string of the molecule is CCNC(=NCC(C)Oc1ccccc1C)NC1CC1C. The third-order valence-electron chi connectivity index (χ3n) is 3.70. The molecule has 21 heavy (non-hydrogen) atoms. The van der Waals surface area contributed by atoms with E-state index in [-0.39, 0.29) is 6.10 Å². The van der Waals surface area contributed by atoms with Crippen LogP contribution in [0, 0.1) is 12.8 Å². The Hall–Kier alpha value is -1.71. The zero-order valence-corrected chi connectivity index (χ0v) is 13.5. The minimum Gasteiger partial charge on any atom is -0.489 e. The van der Waals surface area contributed by atoms with Crippen LogP contribution in [-0.2, 0) is 0 Å². The molecule has 0 aliphatic heterocycles. The van der Waals surface area contributed by atoms with Crippen molar-refractivity contribution < 1.29 is 4.74 Å². The number of nitrogens with zero attached hydrogens (tertiary/aromatic N) is 1. The average molecular weight is 289 g/mol. The zero-order chi connectivity index (χ0) is 15.2. The smallest absolute Gasteiger partial charge is 0.191 e. The van der Waals surface area contributed by atoms with Crippen molar-refractivity contribution in [3.05, 3.63) is 29.8 Å². The number of guanidine groups is 1. The van der Waals surface area contributed by atoms with Crippen LogP contribution in [0.1, 0.15) is 32.8 Å². The molecule has 1 aromatic rings. The highest BCUT2D eigenvalue weighted by atomic mass is 16.5. The lowest BCUT2D eigenvalue weighted by atomic mass is 10.2. The first kappa shape index (κ1) is 15.7. The van der Waals surface area contributed by atoms with Crippen molar-refractivity contribution in [2.75, 3.05) is 13.1 Å². The van der Waals surface area contributed by atoms with Gasteiger partial charge in [0, 0.05) is 12.6 Å². The van der Waals surface area contributed by atoms with Crippen LogP contribution in [0.4, 0.5) is 0 Å². The van der Waals surface area contributed by atoms with Crippen molar-refractivity contribution >= 4 is 5.96 Å². The first-order valence-corrected chi connectivity index (χ1v) is 7.87. The van der Waals surface area contributed by atoms with E-state index >= 15 is 0 Å². The van der Waals surface area contributed by atoms with Crippen LogP contribution in [-0.4, -0.2) is 31.2 Å². The first-order chi connectivity index (χ1) is 10.1. The molecule has 2 rings (SSSR count). The highest BCUT2D eigenvalue weighted by Gasteiger charge is 2.33. The van der Waals surface area contributed by atoms with Crippen molar-refractivity contribution in [1.82, 2.24) is 10.6 Å². The second-order valence-corrected chi connectivity index (χ2v) is 5.88. The molecule has 0 amide bonds. The summed E-state index contributed by atoms with van der Waals surface area (Å²) in [6.45, 7) is 9.97. The zero-order valence-electron chi connectivity index (χ0n) is 13.5. The second-order valence-electron chi connectivity index (χ2n) is 5.88. The number of rotatable bonds is 6. The molecule has 3 unspecified atom stereocenters. The highest BCUT2D eigenvalue weighted by Crippen LogP contribution is 2.28. The normalized spacial score (nSPS) is 22.6. The number of aryl methyl sites for hydroxylation is 1. The van der Waals surface area contributed by atoms with Gasteiger partial charge in [0.05, 0.1) is 6.54 Å². The molecule has 1 fully saturated rings. The fraction of sp³-hybridized carbons (Fsp3) is 0.588. The Morgan fingerprint density at radius 2 is 2.14 bits per heavy atom. The molecular formula is C17H27N3O. The summed E-state index contributed by atoms with van der Waals surface area (Å²) in [6.07, 6.45) is 1.29. The lowest BCUT2D eigenvalue weighted by Gasteiger charge is -2.16. The third kappa shape index (κ3) is 4.96. The summed E-state index contributed by atoms with van der Waals surface area (Å²) in [6, 6.07) is 8.67. The van der Waals surface area contributed by atoms with Crippen molar-refractivity contribution in [1.29, 1.82) is 0 Å². The lowest BCUT2D eigenvalue weighted by Crippen LogP contribution is -2.39. The molecule has 0 heterocycles. The van der Waals surface area contributed by atoms with Gasteiger partial charge in [0.15, 0.2) is 5.96 Å². The molecule has 1 aromatic carbocycles. The number of ether oxygens (including phenoxy) is 1. The fourth-order valence-electron chi connectivity index (χ4n) is 2.18. The fourth-order valence-corrected chi connectivity index (χ4v) is 2.18. The van der Waals surface area contributed by atoms with E-state index in [9.17, 15) is 0 Å². The molecule has 0 radical (unpaired) electrons. The second kappa shape index (κ2) is 7.34. The maximum absolute atomic E-state index is 5.95. The molecule has 1 aliphatic carbocycles. The van der Waals surface area contributed by atoms with E-state index < -0.39 is 0 Å². The van der Waals surface area contributed by atoms with E-state index in [1.54, 1.807) is 0 Å². The third-order valence-corrected chi connectivity index (χ3v) is 3.70. The van der Waals surface area contributed by atoms with Crippen LogP contribution in [0.15, 0.2) is 29.3 Å². The Labute approximate surface area is 128 Å². The van der Waals surface area contributed by atoms with E-state index in [2.05, 4.69) is 49.4 Å². The standard InChI is InChI=1S/C17H27N3O/c1-5-18-17(20-15-10-13(15)3)19-11-14(4)21-16-9-7-6-8-12(16)2/h6-9,13-15H,5,10-11H2,1-4H3,(H2,18,19,20). The van der Waals surface area contributed by atoms with Gasteiger partial charge >= 0.3 is 0 Å². The number of benzene rings is 1. The van der Waals surface area contributed by atoms with Gasteiger partial charge in [-0.25, -0.2) is 4.99 Å². The summed E-state index contributed by atoms with van der Waals surface area (Å²) in [4.78, 5) is 4.62. The topological polar surface area (TPSA) is 45.7 Å². The Kier molecular flexibility index (Phi) is 5.48. The molecule has 0 aromatic heterocycles. The summed E-state index contributed by atoms with van der Waals surface area (Å²) in [5, 5.41) is 6.74. The number of aliphatic imine (C=N–C) groups is 1. The molecular weight excluding hydrogens is 262 g/mol. The molecule has 2 N–H and O–H groups in total. The van der Waals surface area contributed by atoms with Crippen LogP contribution in [0.25, 0.3) is 0 Å². The van der Waals surface area contributed by atoms with Crippen LogP contribution >= 0.6 is 0 Å². The van der Waals surface area contributed by atoms with Gasteiger partial charge in [-0.1, -0.05) is 25.1 Å². The molecule has 0 bridgehead atoms. The van der Waals surface area contributed by atoms with Gasteiger partial charge in [-0.05, 0) is 44.7 Å². The molecule has 1 saturated carbocycles. The lowest BCUT2D eigenvalue weighted by molar-refractivity contribution is 0.228. The molecule has 4 heteroatoms. The van der Waals surface area contributed by atoms with Gasteiger partial charge in [0.25, 0.3) is 0 Å². The molecule has 0 saturated heterocycles. The first-order valence-electron chi connectivity index (χ1n) is 7.87. The highest BCUT2D eigenvalue weighted by molar-refractivity contribution is 5.80. The monoisotopic (exact) mass is 289 g/mol. The Bertz CT molecular complexity index is 487. The minimum atomic E-state index is 0.0539. The van der Waals surface area contributed by atoms with Gasteiger partial charge in [-0.2, -0.15) is 0 Å². The summed E-state index contributed by atoms with van der Waals surface area (Å²) in [5.41, 5.74) is 1.16. The van der Waals surface area contributed by atoms with E-state index in [0.29, 0.717) is 12.6 Å². The van der Waals surface area contributed by atoms with Crippen molar-refractivity contribution in [3.8, 4) is 5.75 Å². The van der Waals surface area contributed by atoms with E-state index in [4.69, 9.17) is 4.74 Å². The number of para-hydroxylation sites is 1. The van der Waals surface area contributed by atoms with Gasteiger partial charge in [-0.15, -0.1) is 0 Å². The summed E-state index contributed by atoms with van der Waals surface area (Å²) < 4.78 is 5.95. The van der Waals surface area contributed by atoms with Crippen LogP contribution < -0.4 is 15.4 Å². The summed E-state index contributed by atoms with van der Waals surface area (Å²) >= 11 is 0. The summed E-state index contributed by atoms with van der Waals surface area (Å²) in [5.74, 6) is 2.59. The molecule has 3 atom stereocenters. The number of hydrogen-bond donors (Lipinski definition) is 2. The average Bonchev–Trinajstić information content (AvgIpc) is 3.14. The maximum Gasteiger partial charge on any atom is 0.191 e. The largest absolute Gasteiger partial charge is 0.489 e. The van der Waals surface area contributed by atoms with E-state index in [1.807, 2.05) is 18.2 Å². The molecule has 4 nitrogen and oxygen atoms in total. The molecule has 116 valence electrons.